The number of morpholine rings is 1. The lowest BCUT2D eigenvalue weighted by Crippen LogP contribution is -2.43. The molecule has 3 aromatic rings. The number of thiophene rings is 1. The van der Waals surface area contributed by atoms with Crippen LogP contribution in [0.3, 0.4) is 0 Å². The maximum Gasteiger partial charge on any atom is 0.270 e. The van der Waals surface area contributed by atoms with E-state index in [1.165, 1.54) is 34.8 Å². The topological polar surface area (TPSA) is 45.7 Å². The van der Waals surface area contributed by atoms with Gasteiger partial charge < -0.3 is 4.74 Å². The van der Waals surface area contributed by atoms with Crippen LogP contribution in [0, 0.1) is 5.82 Å². The first kappa shape index (κ1) is 20.2. The summed E-state index contributed by atoms with van der Waals surface area (Å²) in [6.07, 6.45) is 0. The number of halogens is 2. The Bertz CT molecular complexity index is 897. The van der Waals surface area contributed by atoms with E-state index in [2.05, 4.69) is 9.88 Å². The van der Waals surface area contributed by atoms with Crippen molar-refractivity contribution in [3.05, 3.63) is 46.4 Å². The number of rotatable bonds is 5. The number of ether oxygens (including phenoxy) is 1. The van der Waals surface area contributed by atoms with Crippen LogP contribution in [0.1, 0.15) is 9.67 Å². The SMILES string of the molecule is Cl.O=C(c1cccs1)N(CCN1CCOCC1)c1nc2ccc(F)cc2s1. The van der Waals surface area contributed by atoms with Gasteiger partial charge in [0, 0.05) is 26.2 Å². The standard InChI is InChI=1S/C18H18FN3O2S2.ClH/c19-13-3-4-14-16(12-13)26-18(20-14)22(17(23)15-2-1-11-25-15)6-5-21-7-9-24-10-8-21;/h1-4,11-12H,5-10H2;1H. The number of hydrogen-bond donors (Lipinski definition) is 0. The van der Waals surface area contributed by atoms with Gasteiger partial charge in [0.1, 0.15) is 5.82 Å². The van der Waals surface area contributed by atoms with E-state index >= 15 is 0 Å². The van der Waals surface area contributed by atoms with Gasteiger partial charge in [-0.1, -0.05) is 17.4 Å². The zero-order valence-electron chi connectivity index (χ0n) is 14.5. The van der Waals surface area contributed by atoms with Gasteiger partial charge >= 0.3 is 0 Å². The van der Waals surface area contributed by atoms with E-state index < -0.39 is 0 Å². The largest absolute Gasteiger partial charge is 0.379 e. The third kappa shape index (κ3) is 4.64. The first-order chi connectivity index (χ1) is 12.7. The summed E-state index contributed by atoms with van der Waals surface area (Å²) in [6, 6.07) is 8.20. The van der Waals surface area contributed by atoms with Crippen LogP contribution in [0.15, 0.2) is 35.7 Å². The minimum atomic E-state index is -0.294. The smallest absolute Gasteiger partial charge is 0.270 e. The van der Waals surface area contributed by atoms with Crippen molar-refractivity contribution < 1.29 is 13.9 Å². The van der Waals surface area contributed by atoms with Crippen LogP contribution in [0.2, 0.25) is 0 Å². The summed E-state index contributed by atoms with van der Waals surface area (Å²) in [5.41, 5.74) is 0.710. The molecule has 4 rings (SSSR count). The van der Waals surface area contributed by atoms with Crippen LogP contribution >= 0.6 is 35.1 Å². The number of anilines is 1. The fraction of sp³-hybridized carbons (Fsp3) is 0.333. The molecule has 27 heavy (non-hydrogen) atoms. The van der Waals surface area contributed by atoms with Crippen molar-refractivity contribution in [2.45, 2.75) is 0 Å². The van der Waals surface area contributed by atoms with Crippen LogP contribution < -0.4 is 4.90 Å². The summed E-state index contributed by atoms with van der Waals surface area (Å²) < 4.78 is 19.6. The Balaban J connectivity index is 0.00000210. The first-order valence-corrected chi connectivity index (χ1v) is 10.1. The monoisotopic (exact) mass is 427 g/mol. The summed E-state index contributed by atoms with van der Waals surface area (Å²) in [4.78, 5) is 22.2. The normalized spacial score (nSPS) is 14.9. The molecule has 0 saturated carbocycles. The number of benzene rings is 1. The summed E-state index contributed by atoms with van der Waals surface area (Å²) in [5.74, 6) is -0.357. The van der Waals surface area contributed by atoms with Crippen LogP contribution in [0.5, 0.6) is 0 Å². The molecule has 0 spiro atoms. The average Bonchev–Trinajstić information content (AvgIpc) is 3.32. The molecule has 1 amide bonds. The van der Waals surface area contributed by atoms with Crippen LogP contribution in [-0.2, 0) is 4.74 Å². The van der Waals surface area contributed by atoms with Crippen molar-refractivity contribution in [3.8, 4) is 0 Å². The van der Waals surface area contributed by atoms with Crippen molar-refractivity contribution in [2.24, 2.45) is 0 Å². The van der Waals surface area contributed by atoms with E-state index in [1.54, 1.807) is 11.0 Å². The van der Waals surface area contributed by atoms with Gasteiger partial charge in [-0.2, -0.15) is 0 Å². The predicted molar refractivity (Wildman–Crippen MR) is 110 cm³/mol. The molecule has 1 fully saturated rings. The molecule has 0 N–H and O–H groups in total. The molecule has 0 aliphatic carbocycles. The van der Waals surface area contributed by atoms with E-state index in [4.69, 9.17) is 4.74 Å². The van der Waals surface area contributed by atoms with Crippen molar-refractivity contribution in [1.29, 1.82) is 0 Å². The average molecular weight is 428 g/mol. The molecule has 1 aromatic carbocycles. The van der Waals surface area contributed by atoms with Crippen LogP contribution in [-0.4, -0.2) is 55.2 Å². The molecule has 9 heteroatoms. The van der Waals surface area contributed by atoms with Gasteiger partial charge in [-0.05, 0) is 29.6 Å². The molecule has 1 saturated heterocycles. The number of thiazole rings is 1. The first-order valence-electron chi connectivity index (χ1n) is 8.42. The number of hydrogen-bond acceptors (Lipinski definition) is 6. The Hall–Kier alpha value is -1.58. The Kier molecular flexibility index (Phi) is 6.78. The number of carbonyl (C=O) groups excluding carboxylic acids is 1. The van der Waals surface area contributed by atoms with Crippen molar-refractivity contribution in [1.82, 2.24) is 9.88 Å². The Morgan fingerprint density at radius 1 is 1.30 bits per heavy atom. The quantitative estimate of drug-likeness (QED) is 0.619. The van der Waals surface area contributed by atoms with Gasteiger partial charge in [-0.15, -0.1) is 23.7 Å². The summed E-state index contributed by atoms with van der Waals surface area (Å²) >= 11 is 2.76. The maximum absolute atomic E-state index is 13.5. The molecular formula is C18H19ClFN3O2S2. The molecule has 0 bridgehead atoms. The fourth-order valence-electron chi connectivity index (χ4n) is 2.89. The molecule has 1 aliphatic heterocycles. The number of aromatic nitrogens is 1. The molecule has 1 aliphatic rings. The summed E-state index contributed by atoms with van der Waals surface area (Å²) in [6.45, 7) is 4.47. The van der Waals surface area contributed by atoms with Gasteiger partial charge in [0.05, 0.1) is 28.3 Å². The predicted octanol–water partition coefficient (Wildman–Crippen LogP) is 3.90. The lowest BCUT2D eigenvalue weighted by atomic mass is 10.3. The van der Waals surface area contributed by atoms with Gasteiger partial charge in [0.25, 0.3) is 5.91 Å². The number of carbonyl (C=O) groups is 1. The van der Waals surface area contributed by atoms with Gasteiger partial charge in [0.2, 0.25) is 0 Å². The lowest BCUT2D eigenvalue weighted by Gasteiger charge is -2.29. The number of amides is 1. The molecular weight excluding hydrogens is 409 g/mol. The Morgan fingerprint density at radius 3 is 2.85 bits per heavy atom. The minimum Gasteiger partial charge on any atom is -0.379 e. The second kappa shape index (κ2) is 9.07. The Morgan fingerprint density at radius 2 is 2.11 bits per heavy atom. The summed E-state index contributed by atoms with van der Waals surface area (Å²) in [7, 11) is 0. The Labute approximate surface area is 170 Å². The highest BCUT2D eigenvalue weighted by Gasteiger charge is 2.23. The summed E-state index contributed by atoms with van der Waals surface area (Å²) in [5, 5.41) is 2.50. The van der Waals surface area contributed by atoms with Crippen LogP contribution in [0.25, 0.3) is 10.2 Å². The highest BCUT2D eigenvalue weighted by molar-refractivity contribution is 7.22. The van der Waals surface area contributed by atoms with Crippen LogP contribution in [0.4, 0.5) is 9.52 Å². The molecule has 2 aromatic heterocycles. The zero-order valence-corrected chi connectivity index (χ0v) is 16.9. The van der Waals surface area contributed by atoms with E-state index in [9.17, 15) is 9.18 Å². The molecule has 0 atom stereocenters. The van der Waals surface area contributed by atoms with Gasteiger partial charge in [-0.25, -0.2) is 9.37 Å². The van der Waals surface area contributed by atoms with Crippen molar-refractivity contribution in [3.63, 3.8) is 0 Å². The highest BCUT2D eigenvalue weighted by Crippen LogP contribution is 2.30. The van der Waals surface area contributed by atoms with E-state index in [1.807, 2.05) is 17.5 Å². The third-order valence-corrected chi connectivity index (χ3v) is 6.19. The lowest BCUT2D eigenvalue weighted by molar-refractivity contribution is 0.0391. The van der Waals surface area contributed by atoms with E-state index in [0.29, 0.717) is 22.1 Å². The fourth-order valence-corrected chi connectivity index (χ4v) is 4.57. The molecule has 0 unspecified atom stereocenters. The molecule has 0 radical (unpaired) electrons. The second-order valence-electron chi connectivity index (χ2n) is 6.00. The van der Waals surface area contributed by atoms with Gasteiger partial charge in [0.15, 0.2) is 5.13 Å². The highest BCUT2D eigenvalue weighted by atomic mass is 35.5. The number of nitrogens with zero attached hydrogens (tertiary/aromatic N) is 3. The maximum atomic E-state index is 13.5. The third-order valence-electron chi connectivity index (χ3n) is 4.29. The van der Waals surface area contributed by atoms with E-state index in [-0.39, 0.29) is 24.1 Å². The number of fused-ring (bicyclic) bond motifs is 1. The van der Waals surface area contributed by atoms with Gasteiger partial charge in [-0.3, -0.25) is 14.6 Å². The zero-order chi connectivity index (χ0) is 17.9. The van der Waals surface area contributed by atoms with Crippen molar-refractivity contribution >= 4 is 56.3 Å². The van der Waals surface area contributed by atoms with Crippen molar-refractivity contribution in [2.75, 3.05) is 44.3 Å². The second-order valence-corrected chi connectivity index (χ2v) is 7.95. The molecule has 5 nitrogen and oxygen atoms in total. The molecule has 144 valence electrons. The molecule has 3 heterocycles. The minimum absolute atomic E-state index is 0. The van der Waals surface area contributed by atoms with E-state index in [0.717, 1.165) is 37.5 Å².